The van der Waals surface area contributed by atoms with E-state index in [1.807, 2.05) is 7.05 Å². The zero-order valence-electron chi connectivity index (χ0n) is 9.80. The van der Waals surface area contributed by atoms with Gasteiger partial charge in [-0.2, -0.15) is 0 Å². The van der Waals surface area contributed by atoms with Gasteiger partial charge in [-0.15, -0.1) is 0 Å². The summed E-state index contributed by atoms with van der Waals surface area (Å²) in [6.07, 6.45) is 3.10. The van der Waals surface area contributed by atoms with Crippen LogP contribution in [-0.4, -0.2) is 23.5 Å². The summed E-state index contributed by atoms with van der Waals surface area (Å²) in [5, 5.41) is 15.1. The number of nitrogens with one attached hydrogen (secondary N) is 1. The van der Waals surface area contributed by atoms with Crippen LogP contribution < -0.4 is 5.32 Å². The molecule has 0 amide bonds. The average molecular weight is 241 g/mol. The highest BCUT2D eigenvalue weighted by Gasteiger charge is 2.13. The van der Waals surface area contributed by atoms with Crippen molar-refractivity contribution in [2.45, 2.75) is 0 Å². The van der Waals surface area contributed by atoms with Crippen LogP contribution in [0.3, 0.4) is 0 Å². The minimum atomic E-state index is -0.408. The first kappa shape index (κ1) is 12.0. The SMILES string of the molecule is CNCC#Cc1ccc([N+](=O)[O-])c2cnccc12. The molecule has 0 aliphatic heterocycles. The van der Waals surface area contributed by atoms with Gasteiger partial charge in [-0.05, 0) is 19.2 Å². The van der Waals surface area contributed by atoms with E-state index in [-0.39, 0.29) is 5.69 Å². The van der Waals surface area contributed by atoms with E-state index in [2.05, 4.69) is 22.1 Å². The lowest BCUT2D eigenvalue weighted by Crippen LogP contribution is -2.04. The van der Waals surface area contributed by atoms with E-state index in [9.17, 15) is 10.1 Å². The van der Waals surface area contributed by atoms with E-state index in [4.69, 9.17) is 0 Å². The molecule has 1 aromatic carbocycles. The van der Waals surface area contributed by atoms with E-state index in [1.54, 1.807) is 18.3 Å². The molecular weight excluding hydrogens is 230 g/mol. The molecule has 90 valence electrons. The van der Waals surface area contributed by atoms with Gasteiger partial charge in [-0.25, -0.2) is 0 Å². The summed E-state index contributed by atoms with van der Waals surface area (Å²) in [5.41, 5.74) is 0.825. The molecular formula is C13H11N3O2. The highest BCUT2D eigenvalue weighted by molar-refractivity contribution is 5.94. The molecule has 2 aromatic rings. The molecule has 5 nitrogen and oxygen atoms in total. The Morgan fingerprint density at radius 2 is 2.22 bits per heavy atom. The molecule has 0 bridgehead atoms. The molecule has 0 radical (unpaired) electrons. The van der Waals surface area contributed by atoms with Crippen LogP contribution in [0.4, 0.5) is 5.69 Å². The highest BCUT2D eigenvalue weighted by atomic mass is 16.6. The minimum Gasteiger partial charge on any atom is -0.309 e. The van der Waals surface area contributed by atoms with Gasteiger partial charge in [0.25, 0.3) is 5.69 Å². The maximum Gasteiger partial charge on any atom is 0.278 e. The van der Waals surface area contributed by atoms with Crippen LogP contribution in [0.2, 0.25) is 0 Å². The topological polar surface area (TPSA) is 68.1 Å². The van der Waals surface area contributed by atoms with Crippen molar-refractivity contribution in [3.05, 3.63) is 46.3 Å². The Bertz CT molecular complexity index is 656. The zero-order chi connectivity index (χ0) is 13.0. The summed E-state index contributed by atoms with van der Waals surface area (Å²) >= 11 is 0. The number of rotatable bonds is 2. The first-order valence-electron chi connectivity index (χ1n) is 5.38. The van der Waals surface area contributed by atoms with Crippen molar-refractivity contribution < 1.29 is 4.92 Å². The van der Waals surface area contributed by atoms with Crippen LogP contribution >= 0.6 is 0 Å². The lowest BCUT2D eigenvalue weighted by molar-refractivity contribution is -0.383. The van der Waals surface area contributed by atoms with Gasteiger partial charge in [0.1, 0.15) is 0 Å². The first-order chi connectivity index (χ1) is 8.74. The number of fused-ring (bicyclic) bond motifs is 1. The maximum absolute atomic E-state index is 10.9. The Kier molecular flexibility index (Phi) is 3.51. The molecule has 0 aliphatic rings. The molecule has 0 fully saturated rings. The van der Waals surface area contributed by atoms with Crippen LogP contribution in [0, 0.1) is 22.0 Å². The summed E-state index contributed by atoms with van der Waals surface area (Å²) in [6.45, 7) is 0.573. The summed E-state index contributed by atoms with van der Waals surface area (Å²) in [4.78, 5) is 14.4. The Morgan fingerprint density at radius 1 is 1.39 bits per heavy atom. The fourth-order valence-electron chi connectivity index (χ4n) is 1.67. The van der Waals surface area contributed by atoms with Gasteiger partial charge in [0.05, 0.1) is 16.9 Å². The maximum atomic E-state index is 10.9. The molecule has 0 atom stereocenters. The van der Waals surface area contributed by atoms with Crippen molar-refractivity contribution in [3.63, 3.8) is 0 Å². The summed E-state index contributed by atoms with van der Waals surface area (Å²) in [7, 11) is 1.81. The van der Waals surface area contributed by atoms with Crippen LogP contribution in [0.15, 0.2) is 30.6 Å². The largest absolute Gasteiger partial charge is 0.309 e. The van der Waals surface area contributed by atoms with Crippen molar-refractivity contribution in [2.24, 2.45) is 0 Å². The monoisotopic (exact) mass is 241 g/mol. The normalized spacial score (nSPS) is 9.83. The zero-order valence-corrected chi connectivity index (χ0v) is 9.80. The second kappa shape index (κ2) is 5.25. The molecule has 0 saturated carbocycles. The summed E-state index contributed by atoms with van der Waals surface area (Å²) < 4.78 is 0. The molecule has 0 spiro atoms. The number of hydrogen-bond acceptors (Lipinski definition) is 4. The third kappa shape index (κ3) is 2.29. The molecule has 5 heteroatoms. The predicted molar refractivity (Wildman–Crippen MR) is 69.2 cm³/mol. The molecule has 0 unspecified atom stereocenters. The third-order valence-electron chi connectivity index (χ3n) is 2.48. The summed E-state index contributed by atoms with van der Waals surface area (Å²) in [6, 6.07) is 4.88. The fraction of sp³-hybridized carbons (Fsp3) is 0.154. The van der Waals surface area contributed by atoms with Crippen molar-refractivity contribution in [1.29, 1.82) is 0 Å². The standard InChI is InChI=1S/C13H11N3O2/c1-14-7-2-3-10-4-5-13(16(17)18)12-9-15-8-6-11(10)12/h4-6,8-9,14H,7H2,1H3. The number of aromatic nitrogens is 1. The molecule has 1 heterocycles. The number of pyridine rings is 1. The van der Waals surface area contributed by atoms with Gasteiger partial charge in [0.15, 0.2) is 0 Å². The third-order valence-corrected chi connectivity index (χ3v) is 2.48. The molecule has 0 saturated heterocycles. The number of nitro benzene ring substituents is 1. The van der Waals surface area contributed by atoms with Gasteiger partial charge in [-0.1, -0.05) is 11.8 Å². The molecule has 18 heavy (non-hydrogen) atoms. The molecule has 1 aromatic heterocycles. The van der Waals surface area contributed by atoms with Gasteiger partial charge in [0.2, 0.25) is 0 Å². The second-order valence-corrected chi connectivity index (χ2v) is 3.64. The Hall–Kier alpha value is -2.45. The van der Waals surface area contributed by atoms with Gasteiger partial charge in [0, 0.05) is 29.4 Å². The summed E-state index contributed by atoms with van der Waals surface area (Å²) in [5.74, 6) is 5.93. The quantitative estimate of drug-likeness (QED) is 0.493. The van der Waals surface area contributed by atoms with Gasteiger partial charge in [-0.3, -0.25) is 15.1 Å². The van der Waals surface area contributed by atoms with E-state index >= 15 is 0 Å². The van der Waals surface area contributed by atoms with Crippen molar-refractivity contribution >= 4 is 16.5 Å². The average Bonchev–Trinajstić information content (AvgIpc) is 2.38. The lowest BCUT2D eigenvalue weighted by Gasteiger charge is -2.01. The van der Waals surface area contributed by atoms with Crippen LogP contribution in [-0.2, 0) is 0 Å². The lowest BCUT2D eigenvalue weighted by atomic mass is 10.1. The number of non-ortho nitro benzene ring substituents is 1. The highest BCUT2D eigenvalue weighted by Crippen LogP contribution is 2.26. The molecule has 1 N–H and O–H groups in total. The fourth-order valence-corrected chi connectivity index (χ4v) is 1.67. The molecule has 0 aliphatic carbocycles. The Morgan fingerprint density at radius 3 is 2.94 bits per heavy atom. The van der Waals surface area contributed by atoms with E-state index < -0.39 is 4.92 Å². The van der Waals surface area contributed by atoms with E-state index in [1.165, 1.54) is 12.3 Å². The Labute approximate surface area is 104 Å². The van der Waals surface area contributed by atoms with Crippen molar-refractivity contribution in [1.82, 2.24) is 10.3 Å². The van der Waals surface area contributed by atoms with Gasteiger partial charge >= 0.3 is 0 Å². The molecule has 2 rings (SSSR count). The van der Waals surface area contributed by atoms with Crippen molar-refractivity contribution in [2.75, 3.05) is 13.6 Å². The number of hydrogen-bond donors (Lipinski definition) is 1. The predicted octanol–water partition coefficient (Wildman–Crippen LogP) is 1.71. The second-order valence-electron chi connectivity index (χ2n) is 3.64. The van der Waals surface area contributed by atoms with E-state index in [0.29, 0.717) is 11.9 Å². The van der Waals surface area contributed by atoms with Crippen molar-refractivity contribution in [3.8, 4) is 11.8 Å². The Balaban J connectivity index is 2.62. The van der Waals surface area contributed by atoms with Crippen LogP contribution in [0.25, 0.3) is 10.8 Å². The number of benzene rings is 1. The smallest absolute Gasteiger partial charge is 0.278 e. The van der Waals surface area contributed by atoms with Crippen LogP contribution in [0.1, 0.15) is 5.56 Å². The first-order valence-corrected chi connectivity index (χ1v) is 5.38. The van der Waals surface area contributed by atoms with E-state index in [0.717, 1.165) is 10.9 Å². The number of nitro groups is 1. The number of nitrogens with zero attached hydrogens (tertiary/aromatic N) is 2. The minimum absolute atomic E-state index is 0.0530. The van der Waals surface area contributed by atoms with Crippen LogP contribution in [0.5, 0.6) is 0 Å². The van der Waals surface area contributed by atoms with Gasteiger partial charge < -0.3 is 5.32 Å².